The van der Waals surface area contributed by atoms with Gasteiger partial charge in [0.25, 0.3) is 0 Å². The highest BCUT2D eigenvalue weighted by atomic mass is 19.1. The van der Waals surface area contributed by atoms with Gasteiger partial charge in [-0.15, -0.1) is 0 Å². The standard InChI is InChI=1S/C14H16FN3O2/c1-11(18-8-3-6-17-18)14(19)16-7-9-20-13-5-2-4-12(15)10-13/h2-6,8,10-11H,7,9H2,1H3,(H,16,19). The molecular weight excluding hydrogens is 261 g/mol. The van der Waals surface area contributed by atoms with Gasteiger partial charge in [-0.25, -0.2) is 4.39 Å². The molecular formula is C14H16FN3O2. The molecule has 106 valence electrons. The maximum Gasteiger partial charge on any atom is 0.244 e. The van der Waals surface area contributed by atoms with Gasteiger partial charge in [0.15, 0.2) is 0 Å². The third kappa shape index (κ3) is 3.81. The van der Waals surface area contributed by atoms with E-state index in [0.717, 1.165) is 0 Å². The second-order valence-corrected chi connectivity index (χ2v) is 4.26. The molecule has 1 amide bonds. The van der Waals surface area contributed by atoms with Crippen molar-refractivity contribution in [2.24, 2.45) is 0 Å². The molecule has 5 nitrogen and oxygen atoms in total. The molecule has 1 heterocycles. The molecule has 2 aromatic rings. The Bertz CT molecular complexity index is 557. The number of halogens is 1. The number of rotatable bonds is 6. The number of nitrogens with zero attached hydrogens (tertiary/aromatic N) is 2. The van der Waals surface area contributed by atoms with Crippen molar-refractivity contribution in [2.45, 2.75) is 13.0 Å². The summed E-state index contributed by atoms with van der Waals surface area (Å²) in [6, 6.07) is 7.27. The van der Waals surface area contributed by atoms with Gasteiger partial charge in [0, 0.05) is 18.5 Å². The van der Waals surface area contributed by atoms with Crippen molar-refractivity contribution < 1.29 is 13.9 Å². The van der Waals surface area contributed by atoms with E-state index in [1.807, 2.05) is 0 Å². The van der Waals surface area contributed by atoms with Crippen LogP contribution in [0.25, 0.3) is 0 Å². The topological polar surface area (TPSA) is 56.1 Å². The number of benzene rings is 1. The lowest BCUT2D eigenvalue weighted by Crippen LogP contribution is -2.34. The maximum atomic E-state index is 12.9. The molecule has 0 spiro atoms. The highest BCUT2D eigenvalue weighted by molar-refractivity contribution is 5.79. The van der Waals surface area contributed by atoms with Gasteiger partial charge in [-0.3, -0.25) is 9.48 Å². The van der Waals surface area contributed by atoms with Crippen LogP contribution in [0.4, 0.5) is 4.39 Å². The monoisotopic (exact) mass is 277 g/mol. The van der Waals surface area contributed by atoms with Gasteiger partial charge in [-0.2, -0.15) is 5.10 Å². The molecule has 0 saturated carbocycles. The van der Waals surface area contributed by atoms with Crippen molar-refractivity contribution >= 4 is 5.91 Å². The highest BCUT2D eigenvalue weighted by Gasteiger charge is 2.13. The predicted molar refractivity (Wildman–Crippen MR) is 71.8 cm³/mol. The smallest absolute Gasteiger partial charge is 0.244 e. The molecule has 0 aliphatic heterocycles. The molecule has 0 aliphatic rings. The van der Waals surface area contributed by atoms with E-state index in [1.165, 1.54) is 12.1 Å². The molecule has 2 rings (SSSR count). The van der Waals surface area contributed by atoms with Gasteiger partial charge in [0.05, 0.1) is 6.54 Å². The minimum Gasteiger partial charge on any atom is -0.492 e. The summed E-state index contributed by atoms with van der Waals surface area (Å²) in [5.74, 6) is -0.0465. The summed E-state index contributed by atoms with van der Waals surface area (Å²) in [5, 5.41) is 6.74. The third-order valence-corrected chi connectivity index (χ3v) is 2.77. The highest BCUT2D eigenvalue weighted by Crippen LogP contribution is 2.11. The van der Waals surface area contributed by atoms with Crippen molar-refractivity contribution in [3.63, 3.8) is 0 Å². The van der Waals surface area contributed by atoms with Crippen LogP contribution < -0.4 is 10.1 Å². The van der Waals surface area contributed by atoms with Crippen LogP contribution in [-0.2, 0) is 4.79 Å². The summed E-state index contributed by atoms with van der Waals surface area (Å²) in [6.45, 7) is 2.39. The summed E-state index contributed by atoms with van der Waals surface area (Å²) in [7, 11) is 0. The van der Waals surface area contributed by atoms with Crippen LogP contribution in [0.15, 0.2) is 42.7 Å². The van der Waals surface area contributed by atoms with Gasteiger partial charge in [-0.05, 0) is 25.1 Å². The zero-order valence-electron chi connectivity index (χ0n) is 11.1. The zero-order valence-corrected chi connectivity index (χ0v) is 11.1. The van der Waals surface area contributed by atoms with Gasteiger partial charge < -0.3 is 10.1 Å². The summed E-state index contributed by atoms with van der Waals surface area (Å²) in [4.78, 5) is 11.8. The summed E-state index contributed by atoms with van der Waals surface area (Å²) >= 11 is 0. The molecule has 1 unspecified atom stereocenters. The van der Waals surface area contributed by atoms with Crippen LogP contribution in [0.2, 0.25) is 0 Å². The fourth-order valence-electron chi connectivity index (χ4n) is 1.68. The van der Waals surface area contributed by atoms with Crippen LogP contribution in [-0.4, -0.2) is 28.8 Å². The van der Waals surface area contributed by atoms with Gasteiger partial charge >= 0.3 is 0 Å². The molecule has 0 bridgehead atoms. The fraction of sp³-hybridized carbons (Fsp3) is 0.286. The summed E-state index contributed by atoms with van der Waals surface area (Å²) in [5.41, 5.74) is 0. The summed E-state index contributed by atoms with van der Waals surface area (Å²) < 4.78 is 19.8. The number of hydrogen-bond donors (Lipinski definition) is 1. The van der Waals surface area contributed by atoms with Crippen molar-refractivity contribution in [2.75, 3.05) is 13.2 Å². The Balaban J connectivity index is 1.72. The van der Waals surface area contributed by atoms with E-state index >= 15 is 0 Å². The van der Waals surface area contributed by atoms with Crippen molar-refractivity contribution in [3.8, 4) is 5.75 Å². The molecule has 20 heavy (non-hydrogen) atoms. The van der Waals surface area contributed by atoms with Crippen LogP contribution in [0.1, 0.15) is 13.0 Å². The van der Waals surface area contributed by atoms with Gasteiger partial charge in [-0.1, -0.05) is 6.07 Å². The number of carbonyl (C=O) groups is 1. The van der Waals surface area contributed by atoms with E-state index in [-0.39, 0.29) is 24.4 Å². The van der Waals surface area contributed by atoms with Gasteiger partial charge in [0.2, 0.25) is 5.91 Å². The van der Waals surface area contributed by atoms with E-state index < -0.39 is 0 Å². The fourth-order valence-corrected chi connectivity index (χ4v) is 1.68. The SMILES string of the molecule is CC(C(=O)NCCOc1cccc(F)c1)n1cccn1. The average molecular weight is 277 g/mol. The first-order valence-electron chi connectivity index (χ1n) is 6.32. The van der Waals surface area contributed by atoms with Crippen LogP contribution in [0.5, 0.6) is 5.75 Å². The van der Waals surface area contributed by atoms with Gasteiger partial charge in [0.1, 0.15) is 24.2 Å². The lowest BCUT2D eigenvalue weighted by Gasteiger charge is -2.13. The van der Waals surface area contributed by atoms with E-state index in [2.05, 4.69) is 10.4 Å². The number of amides is 1. The molecule has 0 fully saturated rings. The Morgan fingerprint density at radius 1 is 1.50 bits per heavy atom. The minimum atomic E-state index is -0.376. The molecule has 1 aromatic heterocycles. The maximum absolute atomic E-state index is 12.9. The van der Waals surface area contributed by atoms with Crippen LogP contribution in [0.3, 0.4) is 0 Å². The third-order valence-electron chi connectivity index (χ3n) is 2.77. The molecule has 1 aromatic carbocycles. The van der Waals surface area contributed by atoms with E-state index in [0.29, 0.717) is 12.3 Å². The number of carbonyl (C=O) groups excluding carboxylic acids is 1. The van der Waals surface area contributed by atoms with E-state index in [4.69, 9.17) is 4.74 Å². The average Bonchev–Trinajstić information content (AvgIpc) is 2.96. The van der Waals surface area contributed by atoms with Crippen LogP contribution in [0, 0.1) is 5.82 Å². The largest absolute Gasteiger partial charge is 0.492 e. The number of ether oxygens (including phenoxy) is 1. The van der Waals surface area contributed by atoms with Crippen molar-refractivity contribution in [3.05, 3.63) is 48.5 Å². The lowest BCUT2D eigenvalue weighted by atomic mass is 10.3. The molecule has 0 aliphatic carbocycles. The van der Waals surface area contributed by atoms with Crippen molar-refractivity contribution in [1.29, 1.82) is 0 Å². The second kappa shape index (κ2) is 6.70. The van der Waals surface area contributed by atoms with E-state index in [9.17, 15) is 9.18 Å². The molecule has 0 saturated heterocycles. The summed E-state index contributed by atoms with van der Waals surface area (Å²) in [6.07, 6.45) is 3.35. The second-order valence-electron chi connectivity index (χ2n) is 4.26. The Kier molecular flexibility index (Phi) is 4.70. The zero-order chi connectivity index (χ0) is 14.4. The normalized spacial score (nSPS) is 11.9. The molecule has 0 radical (unpaired) electrons. The van der Waals surface area contributed by atoms with Crippen LogP contribution >= 0.6 is 0 Å². The Hall–Kier alpha value is -2.37. The first kappa shape index (κ1) is 14.0. The first-order valence-corrected chi connectivity index (χ1v) is 6.32. The number of nitrogens with one attached hydrogen (secondary N) is 1. The first-order chi connectivity index (χ1) is 9.66. The quantitative estimate of drug-likeness (QED) is 0.819. The number of aromatic nitrogens is 2. The lowest BCUT2D eigenvalue weighted by molar-refractivity contribution is -0.124. The Labute approximate surface area is 116 Å². The minimum absolute atomic E-state index is 0.142. The predicted octanol–water partition coefficient (Wildman–Crippen LogP) is 1.78. The van der Waals surface area contributed by atoms with E-state index in [1.54, 1.807) is 42.2 Å². The molecule has 1 atom stereocenters. The van der Waals surface area contributed by atoms with Crippen molar-refractivity contribution in [1.82, 2.24) is 15.1 Å². The molecule has 6 heteroatoms. The molecule has 1 N–H and O–H groups in total. The Morgan fingerprint density at radius 2 is 2.35 bits per heavy atom. The Morgan fingerprint density at radius 3 is 3.05 bits per heavy atom. The number of hydrogen-bond acceptors (Lipinski definition) is 3.